The molecule has 0 rings (SSSR count). The Labute approximate surface area is 58.1 Å². The van der Waals surface area contributed by atoms with E-state index in [4.69, 9.17) is 9.90 Å². The van der Waals surface area contributed by atoms with Crippen LogP contribution in [-0.4, -0.2) is 24.3 Å². The molecule has 0 saturated carbocycles. The first-order chi connectivity index (χ1) is 4.54. The van der Waals surface area contributed by atoms with Crippen LogP contribution in [0.3, 0.4) is 0 Å². The SMILES string of the molecule is C=CC(=O)OC.NC(=O)O. The van der Waals surface area contributed by atoms with E-state index in [0.717, 1.165) is 6.08 Å². The molecule has 0 heterocycles. The third-order valence-corrected chi connectivity index (χ3v) is 0.368. The molecule has 0 fully saturated rings. The smallest absolute Gasteiger partial charge is 0.402 e. The lowest BCUT2D eigenvalue weighted by Gasteiger charge is -1.83. The fraction of sp³-hybridized carbons (Fsp3) is 0.200. The molecule has 0 spiro atoms. The molecule has 3 N–H and O–H groups in total. The Balaban J connectivity index is 0. The molecule has 0 radical (unpaired) electrons. The van der Waals surface area contributed by atoms with Crippen LogP contribution >= 0.6 is 0 Å². The van der Waals surface area contributed by atoms with E-state index in [9.17, 15) is 4.79 Å². The Morgan fingerprint density at radius 3 is 2.00 bits per heavy atom. The number of hydrogen-bond donors (Lipinski definition) is 2. The number of nitrogens with two attached hydrogens (primary N) is 1. The number of carbonyl (C=O) groups excluding carboxylic acids is 1. The standard InChI is InChI=1S/C4H6O2.CH3NO2/c1-3-4(5)6-2;2-1(3)4/h3H,1H2,2H3;2H2,(H,3,4). The van der Waals surface area contributed by atoms with Gasteiger partial charge in [-0.05, 0) is 0 Å². The van der Waals surface area contributed by atoms with Crippen molar-refractivity contribution in [2.45, 2.75) is 0 Å². The lowest BCUT2D eigenvalue weighted by atomic mass is 10.7. The average Bonchev–Trinajstić information content (AvgIpc) is 1.85. The minimum absolute atomic E-state index is 0.394. The predicted octanol–water partition coefficient (Wildman–Crippen LogP) is -0.0315. The van der Waals surface area contributed by atoms with E-state index in [2.05, 4.69) is 17.0 Å². The molecule has 0 bridgehead atoms. The molecular weight excluding hydrogens is 138 g/mol. The summed E-state index contributed by atoms with van der Waals surface area (Å²) < 4.78 is 4.14. The fourth-order valence-electron chi connectivity index (χ4n) is 0.0833. The maximum atomic E-state index is 9.84. The summed E-state index contributed by atoms with van der Waals surface area (Å²) in [5.74, 6) is -0.394. The third kappa shape index (κ3) is 31.6. The maximum Gasteiger partial charge on any atom is 0.402 e. The number of ether oxygens (including phenoxy) is 1. The van der Waals surface area contributed by atoms with Crippen LogP contribution in [0.4, 0.5) is 4.79 Å². The van der Waals surface area contributed by atoms with Gasteiger partial charge in [0.25, 0.3) is 0 Å². The molecule has 0 saturated heterocycles. The second-order valence-corrected chi connectivity index (χ2v) is 1.07. The zero-order valence-corrected chi connectivity index (χ0v) is 5.53. The van der Waals surface area contributed by atoms with Gasteiger partial charge in [0.05, 0.1) is 7.11 Å². The van der Waals surface area contributed by atoms with Crippen molar-refractivity contribution >= 4 is 12.1 Å². The molecule has 0 aromatic heterocycles. The number of primary amides is 1. The van der Waals surface area contributed by atoms with Crippen LogP contribution < -0.4 is 5.73 Å². The lowest BCUT2D eigenvalue weighted by Crippen LogP contribution is -2.03. The van der Waals surface area contributed by atoms with Crippen molar-refractivity contribution in [3.63, 3.8) is 0 Å². The van der Waals surface area contributed by atoms with E-state index in [0.29, 0.717) is 0 Å². The van der Waals surface area contributed by atoms with Gasteiger partial charge in [0.1, 0.15) is 0 Å². The summed E-state index contributed by atoms with van der Waals surface area (Å²) in [6.07, 6.45) is -0.222. The van der Waals surface area contributed by atoms with Crippen molar-refractivity contribution in [1.29, 1.82) is 0 Å². The average molecular weight is 147 g/mol. The summed E-state index contributed by atoms with van der Waals surface area (Å²) in [5, 5.41) is 7.19. The molecule has 0 atom stereocenters. The van der Waals surface area contributed by atoms with Gasteiger partial charge in [-0.1, -0.05) is 6.58 Å². The number of carboxylic acid groups (broad SMARTS) is 1. The van der Waals surface area contributed by atoms with Crippen LogP contribution in [0.25, 0.3) is 0 Å². The largest absolute Gasteiger partial charge is 0.466 e. The highest BCUT2D eigenvalue weighted by molar-refractivity contribution is 5.80. The van der Waals surface area contributed by atoms with Gasteiger partial charge in [0, 0.05) is 6.08 Å². The molecule has 0 aliphatic carbocycles. The van der Waals surface area contributed by atoms with Crippen molar-refractivity contribution < 1.29 is 19.4 Å². The molecule has 58 valence electrons. The first kappa shape index (κ1) is 11.3. The van der Waals surface area contributed by atoms with Gasteiger partial charge in [0.2, 0.25) is 0 Å². The van der Waals surface area contributed by atoms with E-state index < -0.39 is 12.1 Å². The van der Waals surface area contributed by atoms with Crippen molar-refractivity contribution in [1.82, 2.24) is 0 Å². The van der Waals surface area contributed by atoms with Crippen molar-refractivity contribution in [2.75, 3.05) is 7.11 Å². The van der Waals surface area contributed by atoms with Crippen LogP contribution in [0.1, 0.15) is 0 Å². The predicted molar refractivity (Wildman–Crippen MR) is 34.4 cm³/mol. The molecule has 0 aliphatic rings. The molecule has 1 amide bonds. The summed E-state index contributed by atoms with van der Waals surface area (Å²) in [5.41, 5.74) is 4.03. The lowest BCUT2D eigenvalue weighted by molar-refractivity contribution is -0.134. The van der Waals surface area contributed by atoms with E-state index >= 15 is 0 Å². The normalized spacial score (nSPS) is 6.50. The second-order valence-electron chi connectivity index (χ2n) is 1.07. The first-order valence-electron chi connectivity index (χ1n) is 2.23. The summed E-state index contributed by atoms with van der Waals surface area (Å²) in [4.78, 5) is 18.6. The molecule has 0 unspecified atom stereocenters. The fourth-order valence-corrected chi connectivity index (χ4v) is 0.0833. The van der Waals surface area contributed by atoms with Crippen molar-refractivity contribution in [3.8, 4) is 0 Å². The molecule has 5 nitrogen and oxygen atoms in total. The zero-order valence-electron chi connectivity index (χ0n) is 5.53. The highest BCUT2D eigenvalue weighted by Gasteiger charge is 1.81. The van der Waals surface area contributed by atoms with Crippen molar-refractivity contribution in [3.05, 3.63) is 12.7 Å². The quantitative estimate of drug-likeness (QED) is 0.402. The number of carbonyl (C=O) groups is 2. The number of hydrogen-bond acceptors (Lipinski definition) is 3. The van der Waals surface area contributed by atoms with E-state index in [-0.39, 0.29) is 0 Å². The Morgan fingerprint density at radius 1 is 1.70 bits per heavy atom. The number of esters is 1. The molecule has 0 aromatic rings. The third-order valence-electron chi connectivity index (χ3n) is 0.368. The van der Waals surface area contributed by atoms with Gasteiger partial charge >= 0.3 is 12.1 Å². The van der Waals surface area contributed by atoms with E-state index in [1.807, 2.05) is 0 Å². The second kappa shape index (κ2) is 7.48. The highest BCUT2D eigenvalue weighted by atomic mass is 16.5. The van der Waals surface area contributed by atoms with Gasteiger partial charge in [-0.15, -0.1) is 0 Å². The van der Waals surface area contributed by atoms with Gasteiger partial charge < -0.3 is 15.6 Å². The molecular formula is C5H9NO4. The van der Waals surface area contributed by atoms with Gasteiger partial charge in [-0.25, -0.2) is 9.59 Å². The summed E-state index contributed by atoms with van der Waals surface area (Å²) in [6, 6.07) is 0. The summed E-state index contributed by atoms with van der Waals surface area (Å²) >= 11 is 0. The number of amides is 1. The van der Waals surface area contributed by atoms with Gasteiger partial charge in [-0.3, -0.25) is 0 Å². The van der Waals surface area contributed by atoms with E-state index in [1.165, 1.54) is 7.11 Å². The summed E-state index contributed by atoms with van der Waals surface area (Å²) in [6.45, 7) is 3.16. The summed E-state index contributed by atoms with van der Waals surface area (Å²) in [7, 11) is 1.31. The van der Waals surface area contributed by atoms with Crippen LogP contribution in [0, 0.1) is 0 Å². The van der Waals surface area contributed by atoms with Gasteiger partial charge in [0.15, 0.2) is 0 Å². The number of rotatable bonds is 1. The van der Waals surface area contributed by atoms with Crippen LogP contribution in [0.5, 0.6) is 0 Å². The van der Waals surface area contributed by atoms with Crippen molar-refractivity contribution in [2.24, 2.45) is 5.73 Å². The topological polar surface area (TPSA) is 89.6 Å². The molecule has 0 aliphatic heterocycles. The first-order valence-corrected chi connectivity index (χ1v) is 2.23. The Bertz CT molecular complexity index is 128. The highest BCUT2D eigenvalue weighted by Crippen LogP contribution is 1.67. The van der Waals surface area contributed by atoms with Crippen LogP contribution in [0.15, 0.2) is 12.7 Å². The Kier molecular flexibility index (Phi) is 8.45. The van der Waals surface area contributed by atoms with Gasteiger partial charge in [-0.2, -0.15) is 0 Å². The molecule has 5 heteroatoms. The van der Waals surface area contributed by atoms with Crippen LogP contribution in [0.2, 0.25) is 0 Å². The van der Waals surface area contributed by atoms with E-state index in [1.54, 1.807) is 0 Å². The maximum absolute atomic E-state index is 9.84. The molecule has 0 aromatic carbocycles. The monoisotopic (exact) mass is 147 g/mol. The Morgan fingerprint density at radius 2 is 2.00 bits per heavy atom. The Hall–Kier alpha value is -1.52. The number of methoxy groups -OCH3 is 1. The minimum atomic E-state index is -1.33. The molecule has 10 heavy (non-hydrogen) atoms. The minimum Gasteiger partial charge on any atom is -0.466 e. The van der Waals surface area contributed by atoms with Crippen LogP contribution in [-0.2, 0) is 9.53 Å². The zero-order chi connectivity index (χ0) is 8.57.